The van der Waals surface area contributed by atoms with Gasteiger partial charge in [-0.3, -0.25) is 9.78 Å². The first-order valence-corrected chi connectivity index (χ1v) is 11.3. The van der Waals surface area contributed by atoms with Crippen LogP contribution >= 0.6 is 0 Å². The quantitative estimate of drug-likeness (QED) is 0.538. The molecule has 0 saturated carbocycles. The highest BCUT2D eigenvalue weighted by Gasteiger charge is 2.24. The van der Waals surface area contributed by atoms with Crippen LogP contribution in [0.25, 0.3) is 11.3 Å². The van der Waals surface area contributed by atoms with Crippen molar-refractivity contribution in [2.45, 2.75) is 25.7 Å². The number of anilines is 1. The van der Waals surface area contributed by atoms with Crippen molar-refractivity contribution in [3.63, 3.8) is 0 Å². The van der Waals surface area contributed by atoms with E-state index in [2.05, 4.69) is 15.5 Å². The molecule has 1 N–H and O–H groups in total. The van der Waals surface area contributed by atoms with Crippen LogP contribution in [0.3, 0.4) is 0 Å². The molecule has 0 unspecified atom stereocenters. The molecule has 3 rings (SSSR count). The normalized spacial score (nSPS) is 11.5. The van der Waals surface area contributed by atoms with Gasteiger partial charge in [0.15, 0.2) is 11.5 Å². The molecule has 1 amide bonds. The van der Waals surface area contributed by atoms with Gasteiger partial charge in [0.1, 0.15) is 5.75 Å². The van der Waals surface area contributed by atoms with Gasteiger partial charge < -0.3 is 14.6 Å². The predicted molar refractivity (Wildman–Crippen MR) is 115 cm³/mol. The Hall–Kier alpha value is -3.24. The van der Waals surface area contributed by atoms with Gasteiger partial charge in [0.05, 0.1) is 17.2 Å². The molecule has 0 atom stereocenters. The van der Waals surface area contributed by atoms with Crippen molar-refractivity contribution in [2.75, 3.05) is 25.0 Å². The molecule has 0 aliphatic heterocycles. The highest BCUT2D eigenvalue weighted by molar-refractivity contribution is 7.89. The summed E-state index contributed by atoms with van der Waals surface area (Å²) in [4.78, 5) is 16.8. The molecule has 3 aromatic rings. The van der Waals surface area contributed by atoms with E-state index in [1.54, 1.807) is 45.3 Å². The Kier molecular flexibility index (Phi) is 7.03. The Morgan fingerprint density at radius 2 is 1.94 bits per heavy atom. The van der Waals surface area contributed by atoms with Crippen LogP contribution in [0.1, 0.15) is 31.3 Å². The number of amides is 1. The zero-order chi connectivity index (χ0) is 22.4. The molecule has 2 aromatic heterocycles. The molecule has 1 aromatic carbocycles. The first kappa shape index (κ1) is 22.4. The zero-order valence-corrected chi connectivity index (χ0v) is 18.3. The van der Waals surface area contributed by atoms with E-state index in [0.717, 1.165) is 0 Å². The number of aromatic nitrogens is 2. The summed E-state index contributed by atoms with van der Waals surface area (Å²) < 4.78 is 37.9. The van der Waals surface area contributed by atoms with Gasteiger partial charge in [-0.25, -0.2) is 8.42 Å². The van der Waals surface area contributed by atoms with Crippen LogP contribution in [0.2, 0.25) is 0 Å². The van der Waals surface area contributed by atoms with Crippen molar-refractivity contribution in [3.05, 3.63) is 54.5 Å². The number of carbonyl (C=O) groups excluding carboxylic acids is 1. The van der Waals surface area contributed by atoms with Crippen LogP contribution in [-0.4, -0.2) is 48.5 Å². The maximum absolute atomic E-state index is 12.9. The minimum atomic E-state index is -3.70. The second-order valence-electron chi connectivity index (χ2n) is 6.45. The number of nitrogens with one attached hydrogen (secondary N) is 1. The van der Waals surface area contributed by atoms with Crippen molar-refractivity contribution in [3.8, 4) is 17.1 Å². The summed E-state index contributed by atoms with van der Waals surface area (Å²) in [6, 6.07) is 9.39. The number of nitrogens with zero attached hydrogens (tertiary/aromatic N) is 3. The smallest absolute Gasteiger partial charge is 0.277 e. The van der Waals surface area contributed by atoms with Crippen LogP contribution in [0.4, 0.5) is 5.69 Å². The highest BCUT2D eigenvalue weighted by atomic mass is 32.2. The first-order chi connectivity index (χ1) is 14.9. The summed E-state index contributed by atoms with van der Waals surface area (Å²) in [5, 5.41) is 6.49. The highest BCUT2D eigenvalue weighted by Crippen LogP contribution is 2.30. The molecule has 0 fully saturated rings. The molecule has 0 aliphatic carbocycles. The monoisotopic (exact) mass is 444 g/mol. The lowest BCUT2D eigenvalue weighted by atomic mass is 10.2. The van der Waals surface area contributed by atoms with Crippen molar-refractivity contribution in [1.82, 2.24) is 14.4 Å². The second kappa shape index (κ2) is 9.71. The summed E-state index contributed by atoms with van der Waals surface area (Å²) in [7, 11) is -3.70. The lowest BCUT2D eigenvalue weighted by molar-refractivity contribution is 0.101. The first-order valence-electron chi connectivity index (χ1n) is 9.86. The maximum atomic E-state index is 12.9. The number of rotatable bonds is 9. The van der Waals surface area contributed by atoms with Gasteiger partial charge in [-0.2, -0.15) is 4.31 Å². The van der Waals surface area contributed by atoms with Gasteiger partial charge in [-0.05, 0) is 37.3 Å². The number of hydrogen-bond acceptors (Lipinski definition) is 7. The third kappa shape index (κ3) is 4.92. The largest absolute Gasteiger partial charge is 0.492 e. The summed E-state index contributed by atoms with van der Waals surface area (Å²) >= 11 is 0. The number of sulfonamides is 1. The van der Waals surface area contributed by atoms with E-state index < -0.39 is 15.9 Å². The molecule has 0 radical (unpaired) electrons. The third-order valence-electron chi connectivity index (χ3n) is 4.53. The Morgan fingerprint density at radius 3 is 2.58 bits per heavy atom. The molecule has 0 aliphatic rings. The number of benzene rings is 1. The molecule has 0 saturated heterocycles. The molecule has 10 heteroatoms. The molecule has 2 heterocycles. The SMILES string of the molecule is CCOc1ccc(S(=O)(=O)N(CC)CC)cc1NC(=O)c1cc(-c2cccnc2)on1. The standard InChI is InChI=1S/C21H24N4O5S/c1-4-25(5-2)31(27,28)16-9-10-19(29-6-3)17(12-16)23-21(26)18-13-20(30-24-18)15-8-7-11-22-14-15/h7-14H,4-6H2,1-3H3,(H,23,26). The topological polar surface area (TPSA) is 115 Å². The molecular weight excluding hydrogens is 420 g/mol. The van der Waals surface area contributed by atoms with Crippen molar-refractivity contribution >= 4 is 21.6 Å². The average Bonchev–Trinajstić information content (AvgIpc) is 3.27. The minimum Gasteiger partial charge on any atom is -0.492 e. The second-order valence-corrected chi connectivity index (χ2v) is 8.39. The lowest BCUT2D eigenvalue weighted by Gasteiger charge is -2.19. The fourth-order valence-corrected chi connectivity index (χ4v) is 4.46. The molecule has 9 nitrogen and oxygen atoms in total. The number of hydrogen-bond donors (Lipinski definition) is 1. The van der Waals surface area contributed by atoms with Gasteiger partial charge in [-0.1, -0.05) is 19.0 Å². The minimum absolute atomic E-state index is 0.0401. The fourth-order valence-electron chi connectivity index (χ4n) is 2.97. The van der Waals surface area contributed by atoms with Crippen LogP contribution in [0.5, 0.6) is 5.75 Å². The van der Waals surface area contributed by atoms with Crippen molar-refractivity contribution < 1.29 is 22.5 Å². The Bertz CT molecular complexity index is 1140. The van der Waals surface area contributed by atoms with E-state index in [-0.39, 0.29) is 16.3 Å². The van der Waals surface area contributed by atoms with E-state index in [0.29, 0.717) is 36.8 Å². The number of ether oxygens (including phenoxy) is 1. The van der Waals surface area contributed by atoms with Gasteiger partial charge in [0.2, 0.25) is 10.0 Å². The maximum Gasteiger partial charge on any atom is 0.277 e. The number of carbonyl (C=O) groups is 1. The van der Waals surface area contributed by atoms with Crippen LogP contribution in [0, 0.1) is 0 Å². The Labute approximate surface area is 181 Å². The summed E-state index contributed by atoms with van der Waals surface area (Å²) in [6.07, 6.45) is 3.22. The Balaban J connectivity index is 1.91. The van der Waals surface area contributed by atoms with Gasteiger partial charge in [-0.15, -0.1) is 0 Å². The molecule has 164 valence electrons. The van der Waals surface area contributed by atoms with Crippen molar-refractivity contribution in [1.29, 1.82) is 0 Å². The average molecular weight is 445 g/mol. The van der Waals surface area contributed by atoms with E-state index in [1.165, 1.54) is 28.6 Å². The summed E-state index contributed by atoms with van der Waals surface area (Å²) in [6.45, 7) is 6.35. The molecule has 0 bridgehead atoms. The summed E-state index contributed by atoms with van der Waals surface area (Å²) in [5.41, 5.74) is 0.945. The van der Waals surface area contributed by atoms with Crippen LogP contribution < -0.4 is 10.1 Å². The fraction of sp³-hybridized carbons (Fsp3) is 0.286. The van der Waals surface area contributed by atoms with Gasteiger partial charge in [0, 0.05) is 37.1 Å². The van der Waals surface area contributed by atoms with E-state index >= 15 is 0 Å². The third-order valence-corrected chi connectivity index (χ3v) is 6.58. The van der Waals surface area contributed by atoms with E-state index in [1.807, 2.05) is 0 Å². The lowest BCUT2D eigenvalue weighted by Crippen LogP contribution is -2.30. The van der Waals surface area contributed by atoms with Crippen LogP contribution in [-0.2, 0) is 10.0 Å². The molecule has 31 heavy (non-hydrogen) atoms. The zero-order valence-electron chi connectivity index (χ0n) is 17.5. The van der Waals surface area contributed by atoms with Gasteiger partial charge in [0.25, 0.3) is 5.91 Å². The predicted octanol–water partition coefficient (Wildman–Crippen LogP) is 3.42. The summed E-state index contributed by atoms with van der Waals surface area (Å²) in [5.74, 6) is 0.184. The molecule has 0 spiro atoms. The van der Waals surface area contributed by atoms with Crippen LogP contribution in [0.15, 0.2) is 58.2 Å². The number of pyridine rings is 1. The van der Waals surface area contributed by atoms with Gasteiger partial charge >= 0.3 is 0 Å². The Morgan fingerprint density at radius 1 is 1.16 bits per heavy atom. The molecular formula is C21H24N4O5S. The van der Waals surface area contributed by atoms with E-state index in [9.17, 15) is 13.2 Å². The van der Waals surface area contributed by atoms with E-state index in [4.69, 9.17) is 9.26 Å². The van der Waals surface area contributed by atoms with Crippen molar-refractivity contribution in [2.24, 2.45) is 0 Å².